The maximum absolute atomic E-state index is 10.6. The Morgan fingerprint density at radius 3 is 0.940 bits per heavy atom. The Bertz CT molecular complexity index is 576. The smallest absolute Gasteiger partial charge is 0.290 e. The number of carbonyl (C=O) groups is 3. The van der Waals surface area contributed by atoms with Crippen LogP contribution in [0.4, 0.5) is 0 Å². The van der Waals surface area contributed by atoms with Crippen molar-refractivity contribution in [2.24, 2.45) is 0 Å². The monoisotopic (exact) mass is 713 g/mol. The van der Waals surface area contributed by atoms with Gasteiger partial charge in [0.15, 0.2) is 0 Å². The van der Waals surface area contributed by atoms with Gasteiger partial charge in [0.05, 0.1) is 0 Å². The van der Waals surface area contributed by atoms with Crippen LogP contribution in [0.5, 0.6) is 0 Å². The fraction of sp³-hybridized carbons (Fsp3) is 0.932. The molecule has 0 saturated heterocycles. The number of hydrogen-bond acceptors (Lipinski definition) is 4. The lowest BCUT2D eigenvalue weighted by atomic mass is 10.0. The first-order chi connectivity index (χ1) is 24.7. The molecule has 0 rings (SSSR count). The number of carboxylic acid groups (broad SMARTS) is 1. The van der Waals surface area contributed by atoms with E-state index in [1.54, 1.807) is 0 Å². The number of amides is 1. The molecule has 0 aliphatic carbocycles. The number of carbonyl (C=O) groups excluding carboxylic acids is 2. The quantitative estimate of drug-likeness (QED) is 0.0491. The van der Waals surface area contributed by atoms with Gasteiger partial charge in [0, 0.05) is 19.5 Å². The summed E-state index contributed by atoms with van der Waals surface area (Å²) in [6.07, 6.45) is 45.7. The van der Waals surface area contributed by atoms with Gasteiger partial charge in [-0.05, 0) is 32.4 Å². The molecule has 302 valence electrons. The molecule has 0 saturated carbocycles. The number of hydrogen-bond donors (Lipinski definition) is 2. The van der Waals surface area contributed by atoms with Gasteiger partial charge in [-0.15, -0.1) is 0 Å². The maximum Gasteiger partial charge on any atom is 0.290 e. The van der Waals surface area contributed by atoms with Crippen molar-refractivity contribution in [1.29, 1.82) is 0 Å². The SMILES string of the molecule is CC.CCCCCCC=O.CCCCCCCCCCCCCCCCN(CCCCCCCCCCCCCCC)CCNC=O.O=CO. The number of nitrogens with one attached hydrogen (secondary N) is 1. The van der Waals surface area contributed by atoms with Crippen LogP contribution in [0.3, 0.4) is 0 Å². The normalized spacial score (nSPS) is 10.3. The molecule has 0 atom stereocenters. The molecule has 1 amide bonds. The average molecular weight is 713 g/mol. The third-order valence-electron chi connectivity index (χ3n) is 9.24. The molecular formula is C44H92N2O4. The van der Waals surface area contributed by atoms with Crippen LogP contribution in [-0.4, -0.2) is 55.4 Å². The first-order valence-electron chi connectivity index (χ1n) is 22.1. The Morgan fingerprint density at radius 2 is 0.680 bits per heavy atom. The molecule has 2 N–H and O–H groups in total. The zero-order valence-electron chi connectivity index (χ0n) is 34.8. The molecule has 0 spiro atoms. The lowest BCUT2D eigenvalue weighted by Crippen LogP contribution is -2.33. The van der Waals surface area contributed by atoms with E-state index in [2.05, 4.69) is 31.0 Å². The van der Waals surface area contributed by atoms with Crippen molar-refractivity contribution in [1.82, 2.24) is 10.2 Å². The Labute approximate surface area is 314 Å². The minimum absolute atomic E-state index is 0.250. The van der Waals surface area contributed by atoms with Crippen molar-refractivity contribution in [3.05, 3.63) is 0 Å². The summed E-state index contributed by atoms with van der Waals surface area (Å²) in [5.41, 5.74) is 0. The molecule has 0 heterocycles. The van der Waals surface area contributed by atoms with E-state index in [0.717, 1.165) is 38.6 Å². The Morgan fingerprint density at radius 1 is 0.420 bits per heavy atom. The highest BCUT2D eigenvalue weighted by Gasteiger charge is 2.05. The lowest BCUT2D eigenvalue weighted by Gasteiger charge is -2.22. The second-order valence-corrected chi connectivity index (χ2v) is 13.9. The fourth-order valence-electron chi connectivity index (χ4n) is 6.15. The largest absolute Gasteiger partial charge is 0.483 e. The van der Waals surface area contributed by atoms with Gasteiger partial charge < -0.3 is 20.1 Å². The van der Waals surface area contributed by atoms with Crippen LogP contribution in [0.1, 0.15) is 240 Å². The summed E-state index contributed by atoms with van der Waals surface area (Å²) in [4.78, 5) is 31.4. The molecular weight excluding hydrogens is 620 g/mol. The molecule has 0 aliphatic rings. The van der Waals surface area contributed by atoms with Gasteiger partial charge in [-0.25, -0.2) is 0 Å². The summed E-state index contributed by atoms with van der Waals surface area (Å²) < 4.78 is 0. The highest BCUT2D eigenvalue weighted by Crippen LogP contribution is 2.15. The van der Waals surface area contributed by atoms with Gasteiger partial charge in [-0.3, -0.25) is 9.59 Å². The van der Waals surface area contributed by atoms with Crippen LogP contribution in [0.15, 0.2) is 0 Å². The molecule has 0 bridgehead atoms. The molecule has 6 nitrogen and oxygen atoms in total. The third kappa shape index (κ3) is 61.8. The molecule has 0 aromatic rings. The predicted molar refractivity (Wildman–Crippen MR) is 221 cm³/mol. The van der Waals surface area contributed by atoms with Gasteiger partial charge >= 0.3 is 0 Å². The summed E-state index contributed by atoms with van der Waals surface area (Å²) in [5, 5.41) is 9.75. The molecule has 50 heavy (non-hydrogen) atoms. The second kappa shape index (κ2) is 59.7. The highest BCUT2D eigenvalue weighted by molar-refractivity contribution is 5.48. The lowest BCUT2D eigenvalue weighted by molar-refractivity contribution is -0.123. The Hall–Kier alpha value is -1.43. The topological polar surface area (TPSA) is 86.7 Å². The van der Waals surface area contributed by atoms with Crippen LogP contribution in [0.2, 0.25) is 0 Å². The Balaban J connectivity index is -0.000000690. The van der Waals surface area contributed by atoms with E-state index in [-0.39, 0.29) is 6.47 Å². The van der Waals surface area contributed by atoms with Gasteiger partial charge in [0.2, 0.25) is 6.41 Å². The van der Waals surface area contributed by atoms with E-state index in [1.807, 2.05) is 13.8 Å². The summed E-state index contributed by atoms with van der Waals surface area (Å²) in [6, 6.07) is 0. The number of nitrogens with zero attached hydrogens (tertiary/aromatic N) is 1. The van der Waals surface area contributed by atoms with Crippen LogP contribution in [0.25, 0.3) is 0 Å². The maximum atomic E-state index is 10.6. The average Bonchev–Trinajstić information content (AvgIpc) is 3.13. The fourth-order valence-corrected chi connectivity index (χ4v) is 6.15. The van der Waals surface area contributed by atoms with E-state index >= 15 is 0 Å². The minimum atomic E-state index is -0.250. The number of rotatable bonds is 38. The van der Waals surface area contributed by atoms with Crippen LogP contribution < -0.4 is 5.32 Å². The van der Waals surface area contributed by atoms with E-state index in [4.69, 9.17) is 9.90 Å². The summed E-state index contributed by atoms with van der Waals surface area (Å²) in [5.74, 6) is 0. The second-order valence-electron chi connectivity index (χ2n) is 13.9. The van der Waals surface area contributed by atoms with Crippen LogP contribution >= 0.6 is 0 Å². The first kappa shape index (κ1) is 55.3. The first-order valence-corrected chi connectivity index (χ1v) is 22.1. The minimum Gasteiger partial charge on any atom is -0.483 e. The summed E-state index contributed by atoms with van der Waals surface area (Å²) in [7, 11) is 0. The van der Waals surface area contributed by atoms with Crippen molar-refractivity contribution in [2.45, 2.75) is 240 Å². The van der Waals surface area contributed by atoms with Crippen molar-refractivity contribution in [2.75, 3.05) is 26.2 Å². The third-order valence-corrected chi connectivity index (χ3v) is 9.24. The van der Waals surface area contributed by atoms with Crippen LogP contribution in [-0.2, 0) is 14.4 Å². The predicted octanol–water partition coefficient (Wildman–Crippen LogP) is 13.5. The highest BCUT2D eigenvalue weighted by atomic mass is 16.3. The molecule has 6 heteroatoms. The van der Waals surface area contributed by atoms with Crippen molar-refractivity contribution in [3.63, 3.8) is 0 Å². The van der Waals surface area contributed by atoms with Gasteiger partial charge in [-0.1, -0.05) is 214 Å². The summed E-state index contributed by atoms with van der Waals surface area (Å²) >= 11 is 0. The van der Waals surface area contributed by atoms with E-state index in [0.29, 0.717) is 0 Å². The summed E-state index contributed by atoms with van der Waals surface area (Å²) in [6.45, 7) is 14.7. The zero-order chi connectivity index (χ0) is 37.9. The van der Waals surface area contributed by atoms with Crippen LogP contribution in [0, 0.1) is 0 Å². The molecule has 0 unspecified atom stereocenters. The molecule has 0 aromatic heterocycles. The van der Waals surface area contributed by atoms with Gasteiger partial charge in [0.1, 0.15) is 6.29 Å². The van der Waals surface area contributed by atoms with Crippen molar-refractivity contribution >= 4 is 19.2 Å². The number of unbranched alkanes of at least 4 members (excludes halogenated alkanes) is 29. The Kier molecular flexibility index (Phi) is 66.1. The standard InChI is InChI=1S/C34H70N2O.C7H14O.C2H6.CH2O2/c1-3-5-7-9-11-13-15-17-19-21-23-25-27-29-32-36(33-30-35-34-37)31-28-26-24-22-20-18-16-14-12-10-8-6-4-2;1-2-3-4-5-6-7-8;1-2;2-1-3/h34H,3-33H2,1-2H3,(H,35,37);7H,2-6H2,1H3;1-2H3;1H,(H,2,3). The van der Waals surface area contributed by atoms with Crippen molar-refractivity contribution < 1.29 is 19.5 Å². The number of aldehydes is 1. The van der Waals surface area contributed by atoms with E-state index < -0.39 is 0 Å². The zero-order valence-corrected chi connectivity index (χ0v) is 34.8. The molecule has 0 fully saturated rings. The van der Waals surface area contributed by atoms with Crippen molar-refractivity contribution in [3.8, 4) is 0 Å². The van der Waals surface area contributed by atoms with E-state index in [1.165, 1.54) is 206 Å². The molecule has 0 aromatic carbocycles. The van der Waals surface area contributed by atoms with Gasteiger partial charge in [-0.2, -0.15) is 0 Å². The van der Waals surface area contributed by atoms with E-state index in [9.17, 15) is 9.59 Å². The molecule has 0 aliphatic heterocycles. The molecule has 0 radical (unpaired) electrons. The van der Waals surface area contributed by atoms with Gasteiger partial charge in [0.25, 0.3) is 6.47 Å².